The third-order valence-electron chi connectivity index (χ3n) is 5.36. The van der Waals surface area contributed by atoms with Gasteiger partial charge in [-0.2, -0.15) is 0 Å². The average molecular weight is 341 g/mol. The number of hydrogen-bond donors (Lipinski definition) is 2. The number of anilines is 1. The molecule has 1 saturated heterocycles. The Labute approximate surface area is 144 Å². The third kappa shape index (κ3) is 2.81. The van der Waals surface area contributed by atoms with Crippen LogP contribution in [0.15, 0.2) is 37.1 Å². The van der Waals surface area contributed by atoms with Gasteiger partial charge in [0, 0.05) is 36.5 Å². The van der Waals surface area contributed by atoms with Gasteiger partial charge in [-0.15, -0.1) is 0 Å². The first-order valence-corrected chi connectivity index (χ1v) is 8.46. The summed E-state index contributed by atoms with van der Waals surface area (Å²) >= 11 is 0. The monoisotopic (exact) mass is 341 g/mol. The summed E-state index contributed by atoms with van der Waals surface area (Å²) in [5, 5.41) is 3.64. The first-order chi connectivity index (χ1) is 12.0. The zero-order valence-electron chi connectivity index (χ0n) is 13.8. The van der Waals surface area contributed by atoms with Crippen LogP contribution in [-0.4, -0.2) is 34.8 Å². The molecule has 25 heavy (non-hydrogen) atoms. The molecule has 2 fully saturated rings. The number of aromatic nitrogens is 1. The lowest BCUT2D eigenvalue weighted by Gasteiger charge is -2.59. The molecule has 1 aliphatic heterocycles. The van der Waals surface area contributed by atoms with Crippen molar-refractivity contribution in [1.82, 2.24) is 9.88 Å². The molecule has 2 aliphatic rings. The number of H-pyrrole nitrogens is 1. The van der Waals surface area contributed by atoms with Crippen molar-refractivity contribution in [2.45, 2.75) is 19.3 Å². The van der Waals surface area contributed by atoms with Crippen LogP contribution < -0.4 is 5.32 Å². The SMILES string of the molecule is C=CC(=O)N1CC2(CC(CC(=O)Nc3cc(F)cc4[nH]ccc34)C2)C1. The lowest BCUT2D eigenvalue weighted by Crippen LogP contribution is -2.63. The van der Waals surface area contributed by atoms with Crippen LogP contribution in [0.2, 0.25) is 0 Å². The van der Waals surface area contributed by atoms with Crippen LogP contribution in [0.25, 0.3) is 10.9 Å². The number of aromatic amines is 1. The van der Waals surface area contributed by atoms with Crippen molar-refractivity contribution < 1.29 is 14.0 Å². The molecule has 4 rings (SSSR count). The number of nitrogens with zero attached hydrogens (tertiary/aromatic N) is 1. The molecular formula is C19H20FN3O2. The minimum absolute atomic E-state index is 0.0200. The molecule has 5 nitrogen and oxygen atoms in total. The molecule has 0 bridgehead atoms. The zero-order chi connectivity index (χ0) is 17.6. The van der Waals surface area contributed by atoms with Gasteiger partial charge in [0.25, 0.3) is 0 Å². The van der Waals surface area contributed by atoms with E-state index < -0.39 is 0 Å². The summed E-state index contributed by atoms with van der Waals surface area (Å²) in [6.45, 7) is 5.04. The van der Waals surface area contributed by atoms with Gasteiger partial charge in [-0.1, -0.05) is 6.58 Å². The van der Waals surface area contributed by atoms with Crippen molar-refractivity contribution >= 4 is 28.4 Å². The Morgan fingerprint density at radius 2 is 2.16 bits per heavy atom. The molecule has 1 aromatic heterocycles. The second-order valence-electron chi connectivity index (χ2n) is 7.32. The Kier molecular flexibility index (Phi) is 3.63. The van der Waals surface area contributed by atoms with Crippen LogP contribution in [0.1, 0.15) is 19.3 Å². The number of nitrogens with one attached hydrogen (secondary N) is 2. The van der Waals surface area contributed by atoms with E-state index in [1.165, 1.54) is 18.2 Å². The fourth-order valence-corrected chi connectivity index (χ4v) is 4.31. The molecule has 2 heterocycles. The highest BCUT2D eigenvalue weighted by Crippen LogP contribution is 2.53. The van der Waals surface area contributed by atoms with Crippen LogP contribution in [0, 0.1) is 17.2 Å². The Balaban J connectivity index is 1.32. The van der Waals surface area contributed by atoms with E-state index in [1.807, 2.05) is 6.07 Å². The van der Waals surface area contributed by atoms with Gasteiger partial charge in [0.2, 0.25) is 11.8 Å². The smallest absolute Gasteiger partial charge is 0.245 e. The zero-order valence-corrected chi connectivity index (χ0v) is 13.8. The summed E-state index contributed by atoms with van der Waals surface area (Å²) in [4.78, 5) is 28.6. The van der Waals surface area contributed by atoms with Crippen LogP contribution >= 0.6 is 0 Å². The molecule has 1 aliphatic carbocycles. The number of amides is 2. The minimum atomic E-state index is -0.380. The Morgan fingerprint density at radius 1 is 1.40 bits per heavy atom. The Hall–Kier alpha value is -2.63. The quantitative estimate of drug-likeness (QED) is 0.840. The van der Waals surface area contributed by atoms with Crippen LogP contribution in [0.3, 0.4) is 0 Å². The van der Waals surface area contributed by atoms with Crippen LogP contribution in [-0.2, 0) is 9.59 Å². The summed E-state index contributed by atoms with van der Waals surface area (Å²) in [6, 6.07) is 4.58. The number of fused-ring (bicyclic) bond motifs is 1. The normalized spacial score (nSPS) is 18.7. The molecule has 0 unspecified atom stereocenters. The molecule has 2 N–H and O–H groups in total. The molecule has 0 radical (unpaired) electrons. The highest BCUT2D eigenvalue weighted by molar-refractivity contribution is 6.01. The summed E-state index contributed by atoms with van der Waals surface area (Å²) < 4.78 is 13.6. The average Bonchev–Trinajstić information content (AvgIpc) is 2.95. The molecule has 0 atom stereocenters. The first kappa shape index (κ1) is 15.9. The summed E-state index contributed by atoms with van der Waals surface area (Å²) in [7, 11) is 0. The molecule has 6 heteroatoms. The fraction of sp³-hybridized carbons (Fsp3) is 0.368. The van der Waals surface area contributed by atoms with Crippen molar-refractivity contribution in [1.29, 1.82) is 0 Å². The Bertz CT molecular complexity index is 859. The van der Waals surface area contributed by atoms with E-state index in [2.05, 4.69) is 16.9 Å². The van der Waals surface area contributed by atoms with Crippen molar-refractivity contribution in [3.63, 3.8) is 0 Å². The maximum absolute atomic E-state index is 13.6. The standard InChI is InChI=1S/C19H20FN3O2/c1-2-18(25)23-10-19(11-23)8-12(9-19)5-17(24)22-16-7-13(20)6-15-14(16)3-4-21-15/h2-4,6-7,12,21H,1,5,8-11H2,(H,22,24). The summed E-state index contributed by atoms with van der Waals surface area (Å²) in [5.74, 6) is -0.162. The van der Waals surface area contributed by atoms with E-state index in [9.17, 15) is 14.0 Å². The van der Waals surface area contributed by atoms with Gasteiger partial charge in [-0.25, -0.2) is 4.39 Å². The molecule has 2 aromatic rings. The van der Waals surface area contributed by atoms with Crippen molar-refractivity contribution in [2.24, 2.45) is 11.3 Å². The third-order valence-corrected chi connectivity index (χ3v) is 5.36. The molecule has 1 saturated carbocycles. The van der Waals surface area contributed by atoms with E-state index >= 15 is 0 Å². The van der Waals surface area contributed by atoms with E-state index in [-0.39, 0.29) is 23.0 Å². The highest BCUT2D eigenvalue weighted by atomic mass is 19.1. The largest absolute Gasteiger partial charge is 0.361 e. The lowest BCUT2D eigenvalue weighted by atomic mass is 9.57. The number of hydrogen-bond acceptors (Lipinski definition) is 2. The number of likely N-dealkylation sites (tertiary alicyclic amines) is 1. The van der Waals surface area contributed by atoms with Gasteiger partial charge in [0.15, 0.2) is 0 Å². The minimum Gasteiger partial charge on any atom is -0.361 e. The second-order valence-corrected chi connectivity index (χ2v) is 7.32. The van der Waals surface area contributed by atoms with E-state index in [0.717, 1.165) is 31.3 Å². The predicted molar refractivity (Wildman–Crippen MR) is 93.4 cm³/mol. The van der Waals surface area contributed by atoms with Gasteiger partial charge in [-0.3, -0.25) is 9.59 Å². The van der Waals surface area contributed by atoms with Gasteiger partial charge in [-0.05, 0) is 43.0 Å². The molecule has 1 aromatic carbocycles. The van der Waals surface area contributed by atoms with Gasteiger partial charge >= 0.3 is 0 Å². The van der Waals surface area contributed by atoms with E-state index in [4.69, 9.17) is 0 Å². The van der Waals surface area contributed by atoms with Crippen molar-refractivity contribution in [3.05, 3.63) is 42.9 Å². The van der Waals surface area contributed by atoms with E-state index in [0.29, 0.717) is 23.5 Å². The first-order valence-electron chi connectivity index (χ1n) is 8.46. The van der Waals surface area contributed by atoms with Gasteiger partial charge in [0.1, 0.15) is 5.82 Å². The molecule has 2 amide bonds. The number of benzene rings is 1. The molecule has 130 valence electrons. The lowest BCUT2D eigenvalue weighted by molar-refractivity contribution is -0.151. The fourth-order valence-electron chi connectivity index (χ4n) is 4.31. The maximum atomic E-state index is 13.6. The van der Waals surface area contributed by atoms with Gasteiger partial charge < -0.3 is 15.2 Å². The van der Waals surface area contributed by atoms with Crippen molar-refractivity contribution in [3.8, 4) is 0 Å². The van der Waals surface area contributed by atoms with E-state index in [1.54, 1.807) is 11.1 Å². The van der Waals surface area contributed by atoms with Crippen molar-refractivity contribution in [2.75, 3.05) is 18.4 Å². The predicted octanol–water partition coefficient (Wildman–Crippen LogP) is 3.06. The second kappa shape index (κ2) is 5.72. The van der Waals surface area contributed by atoms with Crippen LogP contribution in [0.4, 0.5) is 10.1 Å². The number of halogens is 1. The topological polar surface area (TPSA) is 65.2 Å². The summed E-state index contributed by atoms with van der Waals surface area (Å²) in [6.07, 6.45) is 5.42. The molecule has 1 spiro atoms. The number of carbonyl (C=O) groups is 2. The summed E-state index contributed by atoms with van der Waals surface area (Å²) in [5.41, 5.74) is 1.37. The highest BCUT2D eigenvalue weighted by Gasteiger charge is 2.53. The van der Waals surface area contributed by atoms with Gasteiger partial charge in [0.05, 0.1) is 11.2 Å². The van der Waals surface area contributed by atoms with Crippen LogP contribution in [0.5, 0.6) is 0 Å². The number of carbonyl (C=O) groups excluding carboxylic acids is 2. The maximum Gasteiger partial charge on any atom is 0.245 e. The number of rotatable bonds is 4. The molecular weight excluding hydrogens is 321 g/mol. The Morgan fingerprint density at radius 3 is 2.88 bits per heavy atom.